The number of aromatic nitrogens is 1. The number of pyridine rings is 1. The van der Waals surface area contributed by atoms with E-state index in [1.807, 2.05) is 6.07 Å². The van der Waals surface area contributed by atoms with Crippen LogP contribution in [0.4, 0.5) is 0 Å². The van der Waals surface area contributed by atoms with E-state index in [1.165, 1.54) is 32.3 Å². The van der Waals surface area contributed by atoms with E-state index in [9.17, 15) is 13.2 Å². The first-order chi connectivity index (χ1) is 10.8. The molecule has 122 valence electrons. The lowest BCUT2D eigenvalue weighted by atomic mass is 10.2. The van der Waals surface area contributed by atoms with Gasteiger partial charge >= 0.3 is 0 Å². The minimum Gasteiger partial charge on any atom is -0.346 e. The molecule has 0 saturated carbocycles. The molecule has 1 heterocycles. The molecule has 0 saturated heterocycles. The Morgan fingerprint density at radius 2 is 2.00 bits per heavy atom. The first kappa shape index (κ1) is 17.4. The number of hydrogen-bond donors (Lipinski definition) is 1. The smallest absolute Gasteiger partial charge is 0.251 e. The molecule has 0 unspecified atom stereocenters. The van der Waals surface area contributed by atoms with Crippen molar-refractivity contribution in [1.82, 2.24) is 14.6 Å². The molecule has 1 amide bonds. The number of amides is 1. The number of nitrogens with zero attached hydrogens (tertiary/aromatic N) is 2. The minimum absolute atomic E-state index is 0.0694. The molecule has 2 aromatic rings. The van der Waals surface area contributed by atoms with E-state index >= 15 is 0 Å². The predicted molar refractivity (Wildman–Crippen MR) is 87.7 cm³/mol. The van der Waals surface area contributed by atoms with Crippen molar-refractivity contribution < 1.29 is 13.2 Å². The molecule has 1 aromatic carbocycles. The van der Waals surface area contributed by atoms with Crippen molar-refractivity contribution in [2.24, 2.45) is 0 Å². The van der Waals surface area contributed by atoms with Crippen LogP contribution in [-0.2, 0) is 16.6 Å². The van der Waals surface area contributed by atoms with E-state index in [-0.39, 0.29) is 22.0 Å². The summed E-state index contributed by atoms with van der Waals surface area (Å²) < 4.78 is 25.5. The zero-order valence-electron chi connectivity index (χ0n) is 12.7. The number of hydrogen-bond acceptors (Lipinski definition) is 4. The summed E-state index contributed by atoms with van der Waals surface area (Å²) in [5, 5.41) is 2.76. The number of rotatable bonds is 5. The molecule has 1 aromatic heterocycles. The molecular weight excluding hydrogens is 338 g/mol. The largest absolute Gasteiger partial charge is 0.346 e. The lowest BCUT2D eigenvalue weighted by Gasteiger charge is -2.13. The number of sulfonamides is 1. The number of benzene rings is 1. The Morgan fingerprint density at radius 1 is 1.26 bits per heavy atom. The van der Waals surface area contributed by atoms with Crippen molar-refractivity contribution in [1.29, 1.82) is 0 Å². The minimum atomic E-state index is -3.72. The fraction of sp³-hybridized carbons (Fsp3) is 0.200. The molecule has 0 aliphatic heterocycles. The van der Waals surface area contributed by atoms with E-state index in [0.717, 1.165) is 4.31 Å². The summed E-state index contributed by atoms with van der Waals surface area (Å²) in [6.07, 6.45) is 1.63. The van der Waals surface area contributed by atoms with Gasteiger partial charge in [0.1, 0.15) is 4.90 Å². The third kappa shape index (κ3) is 4.07. The van der Waals surface area contributed by atoms with Crippen LogP contribution < -0.4 is 5.32 Å². The molecule has 0 fully saturated rings. The van der Waals surface area contributed by atoms with Crippen LogP contribution in [0, 0.1) is 0 Å². The van der Waals surface area contributed by atoms with Gasteiger partial charge < -0.3 is 5.32 Å². The van der Waals surface area contributed by atoms with Crippen LogP contribution in [0.1, 0.15) is 16.1 Å². The Bertz CT molecular complexity index is 808. The normalized spacial score (nSPS) is 11.5. The van der Waals surface area contributed by atoms with Gasteiger partial charge in [-0.1, -0.05) is 17.7 Å². The van der Waals surface area contributed by atoms with Crippen molar-refractivity contribution in [2.45, 2.75) is 11.4 Å². The summed E-state index contributed by atoms with van der Waals surface area (Å²) in [6.45, 7) is 0.248. The second-order valence-electron chi connectivity index (χ2n) is 4.94. The Hall–Kier alpha value is -1.96. The van der Waals surface area contributed by atoms with Gasteiger partial charge in [0.2, 0.25) is 10.0 Å². The maximum Gasteiger partial charge on any atom is 0.251 e. The van der Waals surface area contributed by atoms with Gasteiger partial charge in [-0.3, -0.25) is 9.78 Å². The van der Waals surface area contributed by atoms with E-state index in [2.05, 4.69) is 10.3 Å². The third-order valence-electron chi connectivity index (χ3n) is 3.11. The van der Waals surface area contributed by atoms with E-state index < -0.39 is 15.9 Å². The van der Waals surface area contributed by atoms with Gasteiger partial charge in [-0.25, -0.2) is 12.7 Å². The van der Waals surface area contributed by atoms with Crippen LogP contribution >= 0.6 is 11.6 Å². The maximum absolute atomic E-state index is 12.2. The van der Waals surface area contributed by atoms with Gasteiger partial charge in [0.25, 0.3) is 5.91 Å². The number of nitrogens with one attached hydrogen (secondary N) is 1. The average molecular weight is 354 g/mol. The zero-order valence-corrected chi connectivity index (χ0v) is 14.2. The van der Waals surface area contributed by atoms with Gasteiger partial charge in [0, 0.05) is 25.9 Å². The second-order valence-corrected chi connectivity index (χ2v) is 7.46. The molecule has 0 aliphatic carbocycles. The highest BCUT2D eigenvalue weighted by Crippen LogP contribution is 2.24. The zero-order chi connectivity index (χ0) is 17.0. The van der Waals surface area contributed by atoms with Crippen LogP contribution in [-0.4, -0.2) is 37.7 Å². The van der Waals surface area contributed by atoms with Crippen LogP contribution in [0.2, 0.25) is 5.02 Å². The molecule has 0 bridgehead atoms. The first-order valence-electron chi connectivity index (χ1n) is 6.72. The first-order valence-corrected chi connectivity index (χ1v) is 8.54. The molecule has 0 atom stereocenters. The molecule has 2 rings (SSSR count). The standard InChI is InChI=1S/C15H16ClN3O3S/c1-19(2)23(21,22)14-9-11(6-7-13(14)16)15(20)18-10-12-5-3-4-8-17-12/h3-9H,10H2,1-2H3,(H,18,20). The van der Waals surface area contributed by atoms with Crippen LogP contribution in [0.3, 0.4) is 0 Å². The highest BCUT2D eigenvalue weighted by atomic mass is 35.5. The van der Waals surface area contributed by atoms with E-state index in [0.29, 0.717) is 5.69 Å². The summed E-state index contributed by atoms with van der Waals surface area (Å²) in [6, 6.07) is 9.52. The second kappa shape index (κ2) is 7.08. The molecule has 0 radical (unpaired) electrons. The molecule has 1 N–H and O–H groups in total. The molecule has 0 aliphatic rings. The molecule has 8 heteroatoms. The highest BCUT2D eigenvalue weighted by molar-refractivity contribution is 7.89. The van der Waals surface area contributed by atoms with Crippen molar-refractivity contribution in [2.75, 3.05) is 14.1 Å². The Balaban J connectivity index is 2.22. The van der Waals surface area contributed by atoms with Crippen molar-refractivity contribution >= 4 is 27.5 Å². The summed E-state index contributed by atoms with van der Waals surface area (Å²) in [5.74, 6) is -0.400. The Morgan fingerprint density at radius 3 is 2.61 bits per heavy atom. The molecule has 6 nitrogen and oxygen atoms in total. The summed E-state index contributed by atoms with van der Waals surface area (Å²) in [5.41, 5.74) is 0.918. The van der Waals surface area contributed by atoms with Crippen molar-refractivity contribution in [3.05, 3.63) is 58.9 Å². The maximum atomic E-state index is 12.2. The van der Waals surface area contributed by atoms with Crippen LogP contribution in [0.15, 0.2) is 47.5 Å². The quantitative estimate of drug-likeness (QED) is 0.890. The van der Waals surface area contributed by atoms with E-state index in [4.69, 9.17) is 11.6 Å². The summed E-state index contributed by atoms with van der Waals surface area (Å²) in [7, 11) is -0.917. The topological polar surface area (TPSA) is 79.4 Å². The summed E-state index contributed by atoms with van der Waals surface area (Å²) >= 11 is 5.95. The fourth-order valence-corrected chi connectivity index (χ4v) is 3.21. The van der Waals surface area contributed by atoms with Gasteiger partial charge in [-0.05, 0) is 30.3 Å². The fourth-order valence-electron chi connectivity index (χ4n) is 1.81. The third-order valence-corrected chi connectivity index (χ3v) is 5.40. The summed E-state index contributed by atoms with van der Waals surface area (Å²) in [4.78, 5) is 16.2. The number of halogens is 1. The molecular formula is C15H16ClN3O3S. The van der Waals surface area contributed by atoms with Crippen molar-refractivity contribution in [3.63, 3.8) is 0 Å². The van der Waals surface area contributed by atoms with Crippen LogP contribution in [0.5, 0.6) is 0 Å². The van der Waals surface area contributed by atoms with Gasteiger partial charge in [-0.15, -0.1) is 0 Å². The predicted octanol–water partition coefficient (Wildman–Crippen LogP) is 1.92. The van der Waals surface area contributed by atoms with Crippen molar-refractivity contribution in [3.8, 4) is 0 Å². The highest BCUT2D eigenvalue weighted by Gasteiger charge is 2.22. The van der Waals surface area contributed by atoms with Gasteiger partial charge in [0.05, 0.1) is 17.3 Å². The Kier molecular flexibility index (Phi) is 5.35. The van der Waals surface area contributed by atoms with Gasteiger partial charge in [0.15, 0.2) is 0 Å². The lowest BCUT2D eigenvalue weighted by molar-refractivity contribution is 0.0950. The molecule has 23 heavy (non-hydrogen) atoms. The SMILES string of the molecule is CN(C)S(=O)(=O)c1cc(C(=O)NCc2ccccn2)ccc1Cl. The molecule has 0 spiro atoms. The monoisotopic (exact) mass is 353 g/mol. The number of carbonyl (C=O) groups excluding carboxylic acids is 1. The average Bonchev–Trinajstić information content (AvgIpc) is 2.53. The Labute approximate surface area is 140 Å². The van der Waals surface area contributed by atoms with Gasteiger partial charge in [-0.2, -0.15) is 0 Å². The number of carbonyl (C=O) groups is 1. The lowest BCUT2D eigenvalue weighted by Crippen LogP contribution is -2.25. The van der Waals surface area contributed by atoms with E-state index in [1.54, 1.807) is 18.3 Å². The van der Waals surface area contributed by atoms with Crippen LogP contribution in [0.25, 0.3) is 0 Å².